The van der Waals surface area contributed by atoms with Crippen LogP contribution in [0, 0.1) is 0 Å². The number of aromatic nitrogens is 1. The van der Waals surface area contributed by atoms with Gasteiger partial charge in [0.25, 0.3) is 0 Å². The third-order valence-corrected chi connectivity index (χ3v) is 3.20. The zero-order valence-electron chi connectivity index (χ0n) is 13.2. The van der Waals surface area contributed by atoms with Crippen LogP contribution in [-0.4, -0.2) is 46.9 Å². The summed E-state index contributed by atoms with van der Waals surface area (Å²) >= 11 is 5.18. The van der Waals surface area contributed by atoms with Crippen molar-refractivity contribution >= 4 is 57.0 Å². The van der Waals surface area contributed by atoms with Gasteiger partial charge in [-0.1, -0.05) is 19.9 Å². The van der Waals surface area contributed by atoms with Gasteiger partial charge < -0.3 is 10.2 Å². The van der Waals surface area contributed by atoms with Crippen LogP contribution in [0.2, 0.25) is 0 Å². The summed E-state index contributed by atoms with van der Waals surface area (Å²) in [5, 5.41) is 7.89. The normalized spacial score (nSPS) is 10.5. The van der Waals surface area contributed by atoms with E-state index in [2.05, 4.69) is 39.6 Å². The van der Waals surface area contributed by atoms with E-state index >= 15 is 0 Å². The Morgan fingerprint density at radius 2 is 1.95 bits per heavy atom. The highest BCUT2D eigenvalue weighted by Crippen LogP contribution is 1.95. The van der Waals surface area contributed by atoms with Gasteiger partial charge in [-0.15, -0.1) is 34.0 Å². The van der Waals surface area contributed by atoms with Gasteiger partial charge in [-0.2, -0.15) is 5.10 Å². The number of hydrogen-bond acceptors (Lipinski definition) is 4. The Balaban J connectivity index is 0. The Bertz CT molecular complexity index is 438. The van der Waals surface area contributed by atoms with Gasteiger partial charge in [0, 0.05) is 19.3 Å². The summed E-state index contributed by atoms with van der Waals surface area (Å²) in [6.07, 6.45) is 1.75. The number of pyridine rings is 1. The van der Waals surface area contributed by atoms with Crippen LogP contribution in [-0.2, 0) is 0 Å². The maximum Gasteiger partial charge on any atom is 0.187 e. The maximum atomic E-state index is 5.18. The Morgan fingerprint density at radius 3 is 2.50 bits per heavy atom. The van der Waals surface area contributed by atoms with Gasteiger partial charge in [-0.05, 0) is 44.4 Å². The van der Waals surface area contributed by atoms with E-state index in [9.17, 15) is 0 Å². The molecule has 1 rings (SSSR count). The van der Waals surface area contributed by atoms with E-state index < -0.39 is 0 Å². The van der Waals surface area contributed by atoms with Crippen molar-refractivity contribution < 1.29 is 0 Å². The second kappa shape index (κ2) is 14.0. The van der Waals surface area contributed by atoms with Crippen molar-refractivity contribution in [3.05, 3.63) is 30.1 Å². The van der Waals surface area contributed by atoms with Crippen LogP contribution >= 0.6 is 46.2 Å². The third kappa shape index (κ3) is 9.45. The highest BCUT2D eigenvalue weighted by Gasteiger charge is 2.00. The van der Waals surface area contributed by atoms with Crippen LogP contribution < -0.4 is 10.7 Å². The SMILES string of the molecule is Br.Br.CCN(CC)CCNC(=S)NN=C(C)c1ccccn1. The van der Waals surface area contributed by atoms with Crippen LogP contribution in [0.15, 0.2) is 29.5 Å². The fourth-order valence-electron chi connectivity index (χ4n) is 1.68. The first kappa shape index (κ1) is 23.7. The molecule has 0 unspecified atom stereocenters. The summed E-state index contributed by atoms with van der Waals surface area (Å²) in [4.78, 5) is 6.55. The fourth-order valence-corrected chi connectivity index (χ4v) is 1.82. The minimum Gasteiger partial charge on any atom is -0.360 e. The van der Waals surface area contributed by atoms with Crippen LogP contribution in [0.25, 0.3) is 0 Å². The Hall–Kier alpha value is -0.570. The molecule has 0 fully saturated rings. The molecule has 22 heavy (non-hydrogen) atoms. The summed E-state index contributed by atoms with van der Waals surface area (Å²) in [6, 6.07) is 5.73. The summed E-state index contributed by atoms with van der Waals surface area (Å²) in [6.45, 7) is 10.1. The van der Waals surface area contributed by atoms with Gasteiger partial charge in [-0.25, -0.2) is 0 Å². The molecule has 0 aromatic carbocycles. The first-order valence-electron chi connectivity index (χ1n) is 6.89. The molecule has 1 aromatic heterocycles. The minimum atomic E-state index is 0. The van der Waals surface area contributed by atoms with Gasteiger partial charge >= 0.3 is 0 Å². The second-order valence-electron chi connectivity index (χ2n) is 4.31. The Labute approximate surface area is 159 Å². The molecular weight excluding hydrogens is 430 g/mol. The number of rotatable bonds is 7. The number of hydrazone groups is 1. The summed E-state index contributed by atoms with van der Waals surface area (Å²) in [5.74, 6) is 0. The van der Waals surface area contributed by atoms with Crippen molar-refractivity contribution in [2.24, 2.45) is 5.10 Å². The molecule has 0 aliphatic heterocycles. The molecule has 126 valence electrons. The first-order chi connectivity index (χ1) is 9.67. The molecule has 0 radical (unpaired) electrons. The van der Waals surface area contributed by atoms with Gasteiger partial charge in [0.05, 0.1) is 11.4 Å². The summed E-state index contributed by atoms with van der Waals surface area (Å²) in [5.41, 5.74) is 4.48. The third-order valence-electron chi connectivity index (χ3n) is 2.97. The van der Waals surface area contributed by atoms with Crippen LogP contribution in [0.5, 0.6) is 0 Å². The lowest BCUT2D eigenvalue weighted by Gasteiger charge is -2.18. The molecule has 0 spiro atoms. The highest BCUT2D eigenvalue weighted by molar-refractivity contribution is 8.93. The molecule has 1 heterocycles. The lowest BCUT2D eigenvalue weighted by atomic mass is 10.3. The molecule has 1 aromatic rings. The number of nitrogens with zero attached hydrogens (tertiary/aromatic N) is 3. The average molecular weight is 455 g/mol. The first-order valence-corrected chi connectivity index (χ1v) is 7.30. The lowest BCUT2D eigenvalue weighted by Crippen LogP contribution is -2.38. The largest absolute Gasteiger partial charge is 0.360 e. The average Bonchev–Trinajstić information content (AvgIpc) is 2.50. The standard InChI is InChI=1S/C14H23N5S.2BrH/c1-4-19(5-2)11-10-16-14(20)18-17-12(3)13-8-6-7-9-15-13;;/h6-9H,4-5,10-11H2,1-3H3,(H2,16,18,20);2*1H. The second-order valence-corrected chi connectivity index (χ2v) is 4.72. The summed E-state index contributed by atoms with van der Waals surface area (Å²) in [7, 11) is 0. The number of hydrogen-bond donors (Lipinski definition) is 2. The topological polar surface area (TPSA) is 52.5 Å². The molecule has 0 atom stereocenters. The molecule has 0 aliphatic carbocycles. The predicted octanol–water partition coefficient (Wildman–Crippen LogP) is 2.77. The zero-order chi connectivity index (χ0) is 14.8. The Morgan fingerprint density at radius 1 is 1.27 bits per heavy atom. The van der Waals surface area contributed by atoms with Crippen LogP contribution in [0.3, 0.4) is 0 Å². The molecular formula is C14H25Br2N5S. The predicted molar refractivity (Wildman–Crippen MR) is 109 cm³/mol. The van der Waals surface area contributed by atoms with Crippen molar-refractivity contribution in [3.8, 4) is 0 Å². The van der Waals surface area contributed by atoms with E-state index in [1.54, 1.807) is 6.20 Å². The van der Waals surface area contributed by atoms with E-state index in [0.717, 1.165) is 37.6 Å². The number of halogens is 2. The molecule has 2 N–H and O–H groups in total. The van der Waals surface area contributed by atoms with Gasteiger partial charge in [-0.3, -0.25) is 10.4 Å². The van der Waals surface area contributed by atoms with E-state index in [1.165, 1.54) is 0 Å². The minimum absolute atomic E-state index is 0. The van der Waals surface area contributed by atoms with E-state index in [4.69, 9.17) is 12.2 Å². The quantitative estimate of drug-likeness (QED) is 0.377. The Kier molecular flexibility index (Phi) is 15.1. The molecule has 8 heteroatoms. The van der Waals surface area contributed by atoms with Gasteiger partial charge in [0.2, 0.25) is 0 Å². The van der Waals surface area contributed by atoms with E-state index in [-0.39, 0.29) is 34.0 Å². The lowest BCUT2D eigenvalue weighted by molar-refractivity contribution is 0.308. The zero-order valence-corrected chi connectivity index (χ0v) is 17.4. The number of likely N-dealkylation sites (N-methyl/N-ethyl adjacent to an activating group) is 1. The van der Waals surface area contributed by atoms with Gasteiger partial charge in [0.1, 0.15) is 0 Å². The number of thiocarbonyl (C=S) groups is 1. The molecule has 0 bridgehead atoms. The molecule has 0 aliphatic rings. The van der Waals surface area contributed by atoms with Crippen molar-refractivity contribution in [2.75, 3.05) is 26.2 Å². The molecule has 0 saturated carbocycles. The summed E-state index contributed by atoms with van der Waals surface area (Å²) < 4.78 is 0. The van der Waals surface area contributed by atoms with Crippen molar-refractivity contribution in [3.63, 3.8) is 0 Å². The monoisotopic (exact) mass is 453 g/mol. The van der Waals surface area contributed by atoms with Gasteiger partial charge in [0.15, 0.2) is 5.11 Å². The molecule has 5 nitrogen and oxygen atoms in total. The molecule has 0 amide bonds. The van der Waals surface area contributed by atoms with E-state index in [0.29, 0.717) is 5.11 Å². The van der Waals surface area contributed by atoms with Crippen molar-refractivity contribution in [1.82, 2.24) is 20.6 Å². The smallest absolute Gasteiger partial charge is 0.187 e. The maximum absolute atomic E-state index is 5.18. The fraction of sp³-hybridized carbons (Fsp3) is 0.500. The van der Waals surface area contributed by atoms with Crippen LogP contribution in [0.1, 0.15) is 26.5 Å². The van der Waals surface area contributed by atoms with Crippen molar-refractivity contribution in [2.45, 2.75) is 20.8 Å². The van der Waals surface area contributed by atoms with E-state index in [1.807, 2.05) is 25.1 Å². The van der Waals surface area contributed by atoms with Crippen LogP contribution in [0.4, 0.5) is 0 Å². The van der Waals surface area contributed by atoms with Crippen molar-refractivity contribution in [1.29, 1.82) is 0 Å². The molecule has 0 saturated heterocycles. The highest BCUT2D eigenvalue weighted by atomic mass is 79.9. The number of nitrogens with one attached hydrogen (secondary N) is 2.